The van der Waals surface area contributed by atoms with Crippen molar-refractivity contribution in [2.45, 2.75) is 19.3 Å². The first kappa shape index (κ1) is 15.2. The van der Waals surface area contributed by atoms with E-state index in [1.54, 1.807) is 0 Å². The number of benzene rings is 2. The van der Waals surface area contributed by atoms with Crippen molar-refractivity contribution < 1.29 is 0 Å². The zero-order chi connectivity index (χ0) is 15.9. The van der Waals surface area contributed by atoms with Crippen molar-refractivity contribution in [2.24, 2.45) is 0 Å². The van der Waals surface area contributed by atoms with Crippen LogP contribution in [0.1, 0.15) is 35.2 Å². The van der Waals surface area contributed by atoms with Crippen molar-refractivity contribution in [3.8, 4) is 0 Å². The van der Waals surface area contributed by atoms with Gasteiger partial charge in [0.15, 0.2) is 0 Å². The first-order valence-corrected chi connectivity index (χ1v) is 8.03. The summed E-state index contributed by atoms with van der Waals surface area (Å²) in [5.41, 5.74) is 4.90. The van der Waals surface area contributed by atoms with Crippen LogP contribution in [0.3, 0.4) is 0 Å². The molecule has 0 aliphatic carbocycles. The van der Waals surface area contributed by atoms with Gasteiger partial charge in [-0.25, -0.2) is 0 Å². The van der Waals surface area contributed by atoms with Gasteiger partial charge in [0.05, 0.1) is 0 Å². The Balaban J connectivity index is 1.66. The van der Waals surface area contributed by atoms with Crippen LogP contribution < -0.4 is 0 Å². The molecule has 3 rings (SSSR count). The molecule has 0 saturated heterocycles. The van der Waals surface area contributed by atoms with Crippen LogP contribution in [0.15, 0.2) is 85.1 Å². The van der Waals surface area contributed by atoms with Gasteiger partial charge in [0, 0.05) is 17.8 Å². The molecule has 0 bridgehead atoms. The maximum absolute atomic E-state index is 4.64. The summed E-state index contributed by atoms with van der Waals surface area (Å²) in [6.45, 7) is 2.18. The fraction of sp³-hybridized carbons (Fsp3) is 0.136. The van der Waals surface area contributed by atoms with E-state index < -0.39 is 0 Å². The van der Waals surface area contributed by atoms with Gasteiger partial charge in [-0.15, -0.1) is 0 Å². The van der Waals surface area contributed by atoms with Crippen LogP contribution in [0, 0.1) is 0 Å². The molecule has 0 N–H and O–H groups in total. The number of hydrogen-bond donors (Lipinski definition) is 0. The first-order valence-electron chi connectivity index (χ1n) is 8.03. The Kier molecular flexibility index (Phi) is 5.00. The molecule has 3 aromatic rings. The van der Waals surface area contributed by atoms with E-state index in [-0.39, 0.29) is 0 Å². The van der Waals surface area contributed by atoms with Gasteiger partial charge in [0.25, 0.3) is 0 Å². The van der Waals surface area contributed by atoms with Gasteiger partial charge in [-0.05, 0) is 29.2 Å². The normalized spacial score (nSPS) is 12.4. The molecule has 0 radical (unpaired) electrons. The SMILES string of the molecule is CC(C=Cc1ccccc1)c1ccc(Cc2ccccc2)cn1. The molecule has 1 heterocycles. The fourth-order valence-corrected chi connectivity index (χ4v) is 2.56. The summed E-state index contributed by atoms with van der Waals surface area (Å²) in [6, 6.07) is 25.2. The smallest absolute Gasteiger partial charge is 0.0469 e. The Morgan fingerprint density at radius 1 is 0.826 bits per heavy atom. The zero-order valence-corrected chi connectivity index (χ0v) is 13.4. The lowest BCUT2D eigenvalue weighted by atomic mass is 10.0. The summed E-state index contributed by atoms with van der Waals surface area (Å²) in [5, 5.41) is 0. The maximum Gasteiger partial charge on any atom is 0.0469 e. The third kappa shape index (κ3) is 4.40. The van der Waals surface area contributed by atoms with E-state index in [9.17, 15) is 0 Å². The predicted octanol–water partition coefficient (Wildman–Crippen LogP) is 5.49. The first-order chi connectivity index (χ1) is 11.3. The highest BCUT2D eigenvalue weighted by atomic mass is 14.7. The average Bonchev–Trinajstić information content (AvgIpc) is 2.62. The van der Waals surface area contributed by atoms with E-state index in [4.69, 9.17) is 0 Å². The Morgan fingerprint density at radius 2 is 1.52 bits per heavy atom. The highest BCUT2D eigenvalue weighted by Gasteiger charge is 2.04. The van der Waals surface area contributed by atoms with Gasteiger partial charge >= 0.3 is 0 Å². The molecule has 1 nitrogen and oxygen atoms in total. The van der Waals surface area contributed by atoms with Crippen LogP contribution in [-0.2, 0) is 6.42 Å². The summed E-state index contributed by atoms with van der Waals surface area (Å²) in [6.07, 6.45) is 7.29. The lowest BCUT2D eigenvalue weighted by Crippen LogP contribution is -1.96. The predicted molar refractivity (Wildman–Crippen MR) is 97.4 cm³/mol. The van der Waals surface area contributed by atoms with Crippen molar-refractivity contribution in [3.63, 3.8) is 0 Å². The van der Waals surface area contributed by atoms with Crippen LogP contribution in [0.4, 0.5) is 0 Å². The van der Waals surface area contributed by atoms with Gasteiger partial charge in [0.1, 0.15) is 0 Å². The number of nitrogens with zero attached hydrogens (tertiary/aromatic N) is 1. The Labute approximate surface area is 138 Å². The third-order valence-electron chi connectivity index (χ3n) is 3.94. The van der Waals surface area contributed by atoms with Crippen molar-refractivity contribution >= 4 is 6.08 Å². The van der Waals surface area contributed by atoms with E-state index in [1.807, 2.05) is 18.3 Å². The topological polar surface area (TPSA) is 12.9 Å². The minimum Gasteiger partial charge on any atom is -0.260 e. The van der Waals surface area contributed by atoms with Gasteiger partial charge in [-0.3, -0.25) is 4.98 Å². The quantitative estimate of drug-likeness (QED) is 0.607. The number of allylic oxidation sites excluding steroid dienone is 1. The standard InChI is InChI=1S/C22H21N/c1-18(12-13-19-8-4-2-5-9-19)22-15-14-21(17-23-22)16-20-10-6-3-7-11-20/h2-15,17-18H,16H2,1H3. The molecule has 1 aromatic heterocycles. The molecule has 114 valence electrons. The lowest BCUT2D eigenvalue weighted by Gasteiger charge is -2.07. The van der Waals surface area contributed by atoms with Crippen molar-refractivity contribution in [1.82, 2.24) is 4.98 Å². The van der Waals surface area contributed by atoms with Crippen LogP contribution in [0.2, 0.25) is 0 Å². The molecular weight excluding hydrogens is 278 g/mol. The van der Waals surface area contributed by atoms with Gasteiger partial charge in [-0.2, -0.15) is 0 Å². The second-order valence-corrected chi connectivity index (χ2v) is 5.81. The number of hydrogen-bond acceptors (Lipinski definition) is 1. The van der Waals surface area contributed by atoms with E-state index in [0.717, 1.165) is 12.1 Å². The Bertz CT molecular complexity index is 743. The molecule has 0 amide bonds. The molecule has 0 aliphatic heterocycles. The average molecular weight is 299 g/mol. The molecule has 2 aromatic carbocycles. The molecule has 1 unspecified atom stereocenters. The minimum absolute atomic E-state index is 0.306. The lowest BCUT2D eigenvalue weighted by molar-refractivity contribution is 0.904. The summed E-state index contributed by atoms with van der Waals surface area (Å²) < 4.78 is 0. The number of pyridine rings is 1. The van der Waals surface area contributed by atoms with E-state index in [2.05, 4.69) is 84.7 Å². The second-order valence-electron chi connectivity index (χ2n) is 5.81. The molecule has 0 aliphatic rings. The van der Waals surface area contributed by atoms with Crippen molar-refractivity contribution in [1.29, 1.82) is 0 Å². The third-order valence-corrected chi connectivity index (χ3v) is 3.94. The monoisotopic (exact) mass is 299 g/mol. The van der Waals surface area contributed by atoms with E-state index in [1.165, 1.54) is 16.7 Å². The Morgan fingerprint density at radius 3 is 2.17 bits per heavy atom. The highest BCUT2D eigenvalue weighted by molar-refractivity contribution is 5.50. The maximum atomic E-state index is 4.64. The Hall–Kier alpha value is -2.67. The molecular formula is C22H21N. The van der Waals surface area contributed by atoms with E-state index in [0.29, 0.717) is 5.92 Å². The zero-order valence-electron chi connectivity index (χ0n) is 13.4. The van der Waals surface area contributed by atoms with Crippen LogP contribution in [0.5, 0.6) is 0 Å². The van der Waals surface area contributed by atoms with Crippen LogP contribution in [0.25, 0.3) is 6.08 Å². The molecule has 23 heavy (non-hydrogen) atoms. The minimum atomic E-state index is 0.306. The van der Waals surface area contributed by atoms with Gasteiger partial charge in [0.2, 0.25) is 0 Å². The van der Waals surface area contributed by atoms with Crippen molar-refractivity contribution in [3.05, 3.63) is 107 Å². The molecule has 1 heteroatoms. The fourth-order valence-electron chi connectivity index (χ4n) is 2.56. The number of aromatic nitrogens is 1. The molecule has 1 atom stereocenters. The second kappa shape index (κ2) is 7.55. The summed E-state index contributed by atoms with van der Waals surface area (Å²) >= 11 is 0. The molecule has 0 fully saturated rings. The van der Waals surface area contributed by atoms with Crippen LogP contribution in [-0.4, -0.2) is 4.98 Å². The summed E-state index contributed by atoms with van der Waals surface area (Å²) in [4.78, 5) is 4.64. The van der Waals surface area contributed by atoms with Gasteiger partial charge in [-0.1, -0.05) is 85.8 Å². The molecule has 0 spiro atoms. The molecule has 0 saturated carbocycles. The summed E-state index contributed by atoms with van der Waals surface area (Å²) in [7, 11) is 0. The summed E-state index contributed by atoms with van der Waals surface area (Å²) in [5.74, 6) is 0.306. The highest BCUT2D eigenvalue weighted by Crippen LogP contribution is 2.17. The van der Waals surface area contributed by atoms with E-state index >= 15 is 0 Å². The van der Waals surface area contributed by atoms with Crippen molar-refractivity contribution in [2.75, 3.05) is 0 Å². The number of rotatable bonds is 5. The van der Waals surface area contributed by atoms with Crippen LogP contribution >= 0.6 is 0 Å². The largest absolute Gasteiger partial charge is 0.260 e. The van der Waals surface area contributed by atoms with Gasteiger partial charge < -0.3 is 0 Å².